The zero-order valence-electron chi connectivity index (χ0n) is 12.2. The maximum absolute atomic E-state index is 12.1. The third-order valence-corrected chi connectivity index (χ3v) is 5.08. The highest BCUT2D eigenvalue weighted by atomic mass is 79.9. The summed E-state index contributed by atoms with van der Waals surface area (Å²) in [5, 5.41) is 21.7. The van der Waals surface area contributed by atoms with E-state index in [9.17, 15) is 14.9 Å². The minimum atomic E-state index is -0.456. The molecule has 0 aliphatic carbocycles. The van der Waals surface area contributed by atoms with E-state index in [1.807, 2.05) is 0 Å². The second-order valence-corrected chi connectivity index (χ2v) is 7.51. The summed E-state index contributed by atoms with van der Waals surface area (Å²) in [6, 6.07) is 9.92. The first-order chi connectivity index (χ1) is 12.0. The van der Waals surface area contributed by atoms with Crippen molar-refractivity contribution in [2.45, 2.75) is 0 Å². The summed E-state index contributed by atoms with van der Waals surface area (Å²) in [5.41, 5.74) is 0.495. The molecule has 0 bridgehead atoms. The number of rotatable bonds is 5. The summed E-state index contributed by atoms with van der Waals surface area (Å²) in [6.45, 7) is 0. The molecule has 2 heterocycles. The predicted octanol–water partition coefficient (Wildman–Crippen LogP) is 4.27. The topological polar surface area (TPSA) is 110 Å². The highest BCUT2D eigenvalue weighted by Crippen LogP contribution is 2.26. The number of carbonyl (C=O) groups excluding carboxylic acids is 1. The third-order valence-electron chi connectivity index (χ3n) is 2.84. The van der Waals surface area contributed by atoms with Gasteiger partial charge in [-0.2, -0.15) is 0 Å². The largest absolute Gasteiger partial charge is 0.324 e. The van der Waals surface area contributed by atoms with Crippen LogP contribution in [-0.2, 0) is 0 Å². The number of thiophene rings is 1. The average Bonchev–Trinajstić information content (AvgIpc) is 3.22. The van der Waals surface area contributed by atoms with Crippen molar-refractivity contribution < 1.29 is 9.72 Å². The molecule has 0 radical (unpaired) electrons. The molecule has 0 spiro atoms. The molecule has 0 aliphatic rings. The summed E-state index contributed by atoms with van der Waals surface area (Å²) >= 11 is 5.42. The van der Waals surface area contributed by atoms with Crippen molar-refractivity contribution in [1.29, 1.82) is 0 Å². The third kappa shape index (κ3) is 4.53. The molecule has 0 saturated carbocycles. The maximum atomic E-state index is 12.1. The van der Waals surface area contributed by atoms with Gasteiger partial charge >= 0.3 is 5.00 Å². The van der Waals surface area contributed by atoms with Gasteiger partial charge in [-0.1, -0.05) is 38.6 Å². The molecule has 2 aromatic heterocycles. The quantitative estimate of drug-likeness (QED) is 0.363. The summed E-state index contributed by atoms with van der Waals surface area (Å²) in [4.78, 5) is 27.0. The number of aromatic nitrogens is 2. The highest BCUT2D eigenvalue weighted by molar-refractivity contribution is 9.10. The number of nitrogens with zero attached hydrogens (tertiary/aromatic N) is 4. The molecule has 0 atom stereocenters. The number of hydrogen-bond acceptors (Lipinski definition) is 8. The maximum Gasteiger partial charge on any atom is 0.324 e. The fraction of sp³-hybridized carbons (Fsp3) is 0. The van der Waals surface area contributed by atoms with Crippen LogP contribution in [0.15, 0.2) is 45.9 Å². The van der Waals surface area contributed by atoms with E-state index >= 15 is 0 Å². The van der Waals surface area contributed by atoms with Crippen LogP contribution in [0, 0.1) is 10.1 Å². The van der Waals surface area contributed by atoms with Crippen LogP contribution in [0.4, 0.5) is 15.3 Å². The molecule has 1 amide bonds. The van der Waals surface area contributed by atoms with E-state index in [-0.39, 0.29) is 10.9 Å². The minimum absolute atomic E-state index is 0.0427. The molecule has 25 heavy (non-hydrogen) atoms. The first-order valence-corrected chi connectivity index (χ1v) is 9.12. The van der Waals surface area contributed by atoms with Crippen LogP contribution in [0.2, 0.25) is 0 Å². The van der Waals surface area contributed by atoms with Crippen molar-refractivity contribution in [1.82, 2.24) is 10.2 Å². The van der Waals surface area contributed by atoms with Gasteiger partial charge < -0.3 is 0 Å². The van der Waals surface area contributed by atoms with E-state index < -0.39 is 4.92 Å². The van der Waals surface area contributed by atoms with Crippen molar-refractivity contribution >= 4 is 66.0 Å². The molecule has 0 saturated heterocycles. The zero-order chi connectivity index (χ0) is 17.8. The Kier molecular flexibility index (Phi) is 5.26. The lowest BCUT2D eigenvalue weighted by Gasteiger charge is -2.00. The SMILES string of the molecule is O=C(Nc1nnc(/N=C/c2ccc([N+](=O)[O-])s2)s1)c1ccc(Br)cc1. The number of nitrogens with one attached hydrogen (secondary N) is 1. The Morgan fingerprint density at radius 3 is 2.64 bits per heavy atom. The lowest BCUT2D eigenvalue weighted by Crippen LogP contribution is -2.11. The molecule has 8 nitrogen and oxygen atoms in total. The standard InChI is InChI=1S/C14H8BrN5O3S2/c15-9-3-1-8(2-4-9)12(21)17-14-19-18-13(25-14)16-7-10-5-6-11(24-10)20(22)23/h1-7H,(H,17,19,21)/b16-7+. The summed E-state index contributed by atoms with van der Waals surface area (Å²) in [7, 11) is 0. The number of aliphatic imine (C=N–C) groups is 1. The van der Waals surface area contributed by atoms with Gasteiger partial charge in [0.05, 0.1) is 9.80 Å². The van der Waals surface area contributed by atoms with Gasteiger partial charge in [-0.05, 0) is 30.3 Å². The highest BCUT2D eigenvalue weighted by Gasteiger charge is 2.11. The lowest BCUT2D eigenvalue weighted by molar-refractivity contribution is -0.380. The molecule has 11 heteroatoms. The van der Waals surface area contributed by atoms with Gasteiger partial charge in [-0.15, -0.1) is 10.2 Å². The van der Waals surface area contributed by atoms with E-state index in [1.165, 1.54) is 12.3 Å². The second kappa shape index (κ2) is 7.59. The van der Waals surface area contributed by atoms with Crippen molar-refractivity contribution in [3.8, 4) is 0 Å². The zero-order valence-corrected chi connectivity index (χ0v) is 15.5. The Labute approximate surface area is 157 Å². The fourth-order valence-corrected chi connectivity index (χ4v) is 3.26. The summed E-state index contributed by atoms with van der Waals surface area (Å²) < 4.78 is 0.880. The van der Waals surface area contributed by atoms with E-state index in [1.54, 1.807) is 30.3 Å². The molecule has 0 fully saturated rings. The molecule has 1 aromatic carbocycles. The van der Waals surface area contributed by atoms with Crippen molar-refractivity contribution in [2.75, 3.05) is 5.32 Å². The Morgan fingerprint density at radius 2 is 1.96 bits per heavy atom. The number of halogens is 1. The van der Waals surface area contributed by atoms with E-state index in [2.05, 4.69) is 36.4 Å². The van der Waals surface area contributed by atoms with Crippen LogP contribution < -0.4 is 5.32 Å². The van der Waals surface area contributed by atoms with Gasteiger partial charge in [0, 0.05) is 22.3 Å². The van der Waals surface area contributed by atoms with Crippen molar-refractivity contribution in [3.05, 3.63) is 61.4 Å². The molecule has 0 aliphatic heterocycles. The van der Waals surface area contributed by atoms with Gasteiger partial charge in [0.2, 0.25) is 10.3 Å². The number of carbonyl (C=O) groups is 1. The van der Waals surface area contributed by atoms with Crippen LogP contribution in [0.1, 0.15) is 15.2 Å². The monoisotopic (exact) mass is 437 g/mol. The Balaban J connectivity index is 1.65. The van der Waals surface area contributed by atoms with Crippen LogP contribution in [0.5, 0.6) is 0 Å². The molecule has 3 aromatic rings. The molecular weight excluding hydrogens is 430 g/mol. The van der Waals surface area contributed by atoms with Crippen molar-refractivity contribution in [2.24, 2.45) is 4.99 Å². The van der Waals surface area contributed by atoms with E-state index in [0.29, 0.717) is 20.7 Å². The molecule has 126 valence electrons. The molecular formula is C14H8BrN5O3S2. The summed E-state index contributed by atoms with van der Waals surface area (Å²) in [6.07, 6.45) is 1.47. The predicted molar refractivity (Wildman–Crippen MR) is 100 cm³/mol. The van der Waals surface area contributed by atoms with Gasteiger partial charge in [0.15, 0.2) is 0 Å². The molecule has 1 N–H and O–H groups in total. The van der Waals surface area contributed by atoms with Crippen LogP contribution in [-0.4, -0.2) is 27.2 Å². The van der Waals surface area contributed by atoms with Gasteiger partial charge in [-0.25, -0.2) is 4.99 Å². The average molecular weight is 438 g/mol. The number of amides is 1. The number of anilines is 1. The second-order valence-electron chi connectivity index (χ2n) is 4.54. The van der Waals surface area contributed by atoms with E-state index in [0.717, 1.165) is 27.1 Å². The van der Waals surface area contributed by atoms with Gasteiger partial charge in [-0.3, -0.25) is 20.2 Å². The van der Waals surface area contributed by atoms with Gasteiger partial charge in [0.1, 0.15) is 0 Å². The first-order valence-electron chi connectivity index (χ1n) is 6.70. The Hall–Kier alpha value is -2.50. The lowest BCUT2D eigenvalue weighted by atomic mass is 10.2. The number of benzene rings is 1. The number of nitro groups is 1. The van der Waals surface area contributed by atoms with E-state index in [4.69, 9.17) is 0 Å². The molecule has 0 unspecified atom stereocenters. The number of hydrogen-bond donors (Lipinski definition) is 1. The van der Waals surface area contributed by atoms with Crippen molar-refractivity contribution in [3.63, 3.8) is 0 Å². The van der Waals surface area contributed by atoms with Crippen LogP contribution in [0.3, 0.4) is 0 Å². The summed E-state index contributed by atoms with van der Waals surface area (Å²) in [5.74, 6) is -0.298. The van der Waals surface area contributed by atoms with Gasteiger partial charge in [0.25, 0.3) is 5.91 Å². The Bertz CT molecular complexity index is 952. The van der Waals surface area contributed by atoms with Crippen LogP contribution >= 0.6 is 38.6 Å². The first kappa shape index (κ1) is 17.3. The fourth-order valence-electron chi connectivity index (χ4n) is 1.72. The smallest absolute Gasteiger partial charge is 0.296 e. The Morgan fingerprint density at radius 1 is 1.20 bits per heavy atom. The normalized spacial score (nSPS) is 10.9. The minimum Gasteiger partial charge on any atom is -0.296 e. The van der Waals surface area contributed by atoms with Crippen LogP contribution in [0.25, 0.3) is 0 Å². The molecule has 3 rings (SSSR count).